The third kappa shape index (κ3) is 6.26. The van der Waals surface area contributed by atoms with Crippen LogP contribution in [0.15, 0.2) is 54.6 Å². The second-order valence-corrected chi connectivity index (χ2v) is 9.32. The number of hydrogen-bond donors (Lipinski definition) is 2. The molecule has 2 aromatic rings. The molecular formula is C27H37N3O2. The van der Waals surface area contributed by atoms with Crippen LogP contribution in [0.2, 0.25) is 0 Å². The molecule has 2 aromatic carbocycles. The van der Waals surface area contributed by atoms with E-state index in [0.717, 1.165) is 30.8 Å². The number of carbonyl (C=O) groups excluding carboxylic acids is 1. The summed E-state index contributed by atoms with van der Waals surface area (Å²) >= 11 is 0. The molecule has 5 nitrogen and oxygen atoms in total. The molecule has 1 saturated heterocycles. The van der Waals surface area contributed by atoms with Gasteiger partial charge in [-0.25, -0.2) is 4.79 Å². The summed E-state index contributed by atoms with van der Waals surface area (Å²) in [4.78, 5) is 15.5. The number of likely N-dealkylation sites (tertiary alicyclic amines) is 1. The van der Waals surface area contributed by atoms with Gasteiger partial charge in [-0.15, -0.1) is 0 Å². The minimum absolute atomic E-state index is 0.116. The first-order valence-electron chi connectivity index (χ1n) is 12.2. The highest BCUT2D eigenvalue weighted by Crippen LogP contribution is 2.29. The molecule has 0 radical (unpaired) electrons. The van der Waals surface area contributed by atoms with E-state index in [1.165, 1.54) is 50.6 Å². The zero-order chi connectivity index (χ0) is 22.2. The van der Waals surface area contributed by atoms with E-state index in [1.54, 1.807) is 7.11 Å². The van der Waals surface area contributed by atoms with Gasteiger partial charge in [0.05, 0.1) is 7.11 Å². The lowest BCUT2D eigenvalue weighted by atomic mass is 9.83. The normalized spacial score (nSPS) is 24.0. The largest absolute Gasteiger partial charge is 0.497 e. The number of nitrogens with one attached hydrogen (secondary N) is 2. The molecule has 1 heterocycles. The van der Waals surface area contributed by atoms with Crippen LogP contribution in [0.4, 0.5) is 10.5 Å². The van der Waals surface area contributed by atoms with Gasteiger partial charge in [0.2, 0.25) is 0 Å². The van der Waals surface area contributed by atoms with E-state index in [9.17, 15) is 4.79 Å². The van der Waals surface area contributed by atoms with Crippen LogP contribution in [0.5, 0.6) is 5.75 Å². The predicted octanol–water partition coefficient (Wildman–Crippen LogP) is 5.47. The van der Waals surface area contributed by atoms with E-state index in [2.05, 4.69) is 45.9 Å². The van der Waals surface area contributed by atoms with Gasteiger partial charge in [0.25, 0.3) is 0 Å². The molecule has 1 saturated carbocycles. The first-order valence-corrected chi connectivity index (χ1v) is 12.2. The Kier molecular flexibility index (Phi) is 8.05. The number of piperidine rings is 1. The minimum Gasteiger partial charge on any atom is -0.497 e. The van der Waals surface area contributed by atoms with Crippen molar-refractivity contribution in [2.24, 2.45) is 5.92 Å². The highest BCUT2D eigenvalue weighted by Gasteiger charge is 2.31. The number of nitrogens with zero attached hydrogens (tertiary/aromatic N) is 1. The summed E-state index contributed by atoms with van der Waals surface area (Å²) in [7, 11) is 1.64. The Hall–Kier alpha value is -2.53. The van der Waals surface area contributed by atoms with Crippen LogP contribution in [0, 0.1) is 5.92 Å². The fraction of sp³-hybridized carbons (Fsp3) is 0.519. The van der Waals surface area contributed by atoms with E-state index in [1.807, 2.05) is 24.3 Å². The van der Waals surface area contributed by atoms with Gasteiger partial charge in [0.15, 0.2) is 0 Å². The summed E-state index contributed by atoms with van der Waals surface area (Å²) in [5.41, 5.74) is 2.19. The number of urea groups is 1. The average molecular weight is 436 g/mol. The van der Waals surface area contributed by atoms with Crippen LogP contribution in [-0.2, 0) is 6.42 Å². The van der Waals surface area contributed by atoms with E-state index < -0.39 is 0 Å². The van der Waals surface area contributed by atoms with Crippen molar-refractivity contribution in [2.75, 3.05) is 25.5 Å². The van der Waals surface area contributed by atoms with Crippen molar-refractivity contribution in [3.05, 3.63) is 60.2 Å². The van der Waals surface area contributed by atoms with Crippen LogP contribution in [0.3, 0.4) is 0 Å². The molecule has 32 heavy (non-hydrogen) atoms. The van der Waals surface area contributed by atoms with Crippen molar-refractivity contribution in [1.82, 2.24) is 10.2 Å². The lowest BCUT2D eigenvalue weighted by Crippen LogP contribution is -2.50. The predicted molar refractivity (Wildman–Crippen MR) is 130 cm³/mol. The fourth-order valence-corrected chi connectivity index (χ4v) is 5.37. The Labute approximate surface area is 192 Å². The Morgan fingerprint density at radius 1 is 1.00 bits per heavy atom. The highest BCUT2D eigenvalue weighted by atomic mass is 16.5. The number of hydrogen-bond acceptors (Lipinski definition) is 3. The van der Waals surface area contributed by atoms with Crippen molar-refractivity contribution in [2.45, 2.75) is 63.5 Å². The van der Waals surface area contributed by atoms with Crippen LogP contribution < -0.4 is 15.4 Å². The molecule has 0 bridgehead atoms. The van der Waals surface area contributed by atoms with Gasteiger partial charge in [-0.2, -0.15) is 0 Å². The maximum absolute atomic E-state index is 12.7. The molecule has 3 atom stereocenters. The van der Waals surface area contributed by atoms with Gasteiger partial charge in [-0.05, 0) is 62.3 Å². The van der Waals surface area contributed by atoms with Crippen molar-refractivity contribution in [3.8, 4) is 5.75 Å². The number of methoxy groups -OCH3 is 1. The second-order valence-electron chi connectivity index (χ2n) is 9.32. The van der Waals surface area contributed by atoms with Crippen LogP contribution in [0.1, 0.15) is 50.5 Å². The summed E-state index contributed by atoms with van der Waals surface area (Å²) < 4.78 is 5.26. The Morgan fingerprint density at radius 3 is 2.66 bits per heavy atom. The molecule has 2 N–H and O–H groups in total. The maximum Gasteiger partial charge on any atom is 0.319 e. The van der Waals surface area contributed by atoms with E-state index in [0.29, 0.717) is 12.0 Å². The molecule has 1 aliphatic heterocycles. The molecule has 0 spiro atoms. The topological polar surface area (TPSA) is 53.6 Å². The van der Waals surface area contributed by atoms with Gasteiger partial charge in [-0.3, -0.25) is 4.90 Å². The molecule has 5 heteroatoms. The third-order valence-electron chi connectivity index (χ3n) is 7.09. The minimum atomic E-state index is -0.116. The molecule has 2 fully saturated rings. The van der Waals surface area contributed by atoms with E-state index >= 15 is 0 Å². The lowest BCUT2D eigenvalue weighted by Gasteiger charge is -2.41. The van der Waals surface area contributed by atoms with Crippen LogP contribution in [0.25, 0.3) is 0 Å². The second kappa shape index (κ2) is 11.4. The Balaban J connectivity index is 1.36. The molecule has 0 aromatic heterocycles. The van der Waals surface area contributed by atoms with E-state index in [4.69, 9.17) is 4.74 Å². The quantitative estimate of drug-likeness (QED) is 0.606. The molecule has 172 valence electrons. The average Bonchev–Trinajstić information content (AvgIpc) is 2.82. The lowest BCUT2D eigenvalue weighted by molar-refractivity contribution is 0.100. The molecule has 2 amide bonds. The highest BCUT2D eigenvalue weighted by molar-refractivity contribution is 5.89. The fourth-order valence-electron chi connectivity index (χ4n) is 5.37. The summed E-state index contributed by atoms with van der Waals surface area (Å²) in [6.45, 7) is 2.26. The van der Waals surface area contributed by atoms with Crippen molar-refractivity contribution < 1.29 is 9.53 Å². The third-order valence-corrected chi connectivity index (χ3v) is 7.09. The standard InChI is InChI=1S/C27H37N3O2/c1-32-25-15-9-13-23(19-25)28-27(31)29-26-16-6-5-12-22(26)20-30-17-8-7-14-24(30)18-21-10-3-2-4-11-21/h2-4,9-11,13,15,19,22,24,26H,5-8,12,14,16-18,20H2,1H3,(H2,28,29,31)/t22-,24?,26+/m0/s1. The van der Waals surface area contributed by atoms with Gasteiger partial charge in [0, 0.05) is 30.4 Å². The summed E-state index contributed by atoms with van der Waals surface area (Å²) in [5, 5.41) is 6.28. The number of carbonyl (C=O) groups is 1. The van der Waals surface area contributed by atoms with Crippen LogP contribution in [-0.4, -0.2) is 43.2 Å². The van der Waals surface area contributed by atoms with Gasteiger partial charge in [0.1, 0.15) is 5.75 Å². The number of ether oxygens (including phenoxy) is 1. The zero-order valence-electron chi connectivity index (χ0n) is 19.3. The van der Waals surface area contributed by atoms with Gasteiger partial charge < -0.3 is 15.4 Å². The first kappa shape index (κ1) is 22.7. The molecule has 2 aliphatic rings. The number of rotatable bonds is 7. The summed E-state index contributed by atoms with van der Waals surface area (Å²) in [6.07, 6.45) is 9.71. The number of anilines is 1. The molecule has 1 aliphatic carbocycles. The van der Waals surface area contributed by atoms with Gasteiger partial charge in [-0.1, -0.05) is 55.7 Å². The zero-order valence-corrected chi connectivity index (χ0v) is 19.3. The number of amides is 2. The van der Waals surface area contributed by atoms with Crippen molar-refractivity contribution in [1.29, 1.82) is 0 Å². The number of benzene rings is 2. The van der Waals surface area contributed by atoms with Crippen molar-refractivity contribution in [3.63, 3.8) is 0 Å². The monoisotopic (exact) mass is 435 g/mol. The molecule has 4 rings (SSSR count). The Bertz CT molecular complexity index is 857. The Morgan fingerprint density at radius 2 is 1.81 bits per heavy atom. The molecule has 1 unspecified atom stereocenters. The maximum atomic E-state index is 12.7. The van der Waals surface area contributed by atoms with Crippen LogP contribution >= 0.6 is 0 Å². The SMILES string of the molecule is COc1cccc(NC(=O)N[C@@H]2CCCC[C@H]2CN2CCCCC2Cc2ccccc2)c1. The molecular weight excluding hydrogens is 398 g/mol. The smallest absolute Gasteiger partial charge is 0.319 e. The summed E-state index contributed by atoms with van der Waals surface area (Å²) in [5.74, 6) is 1.25. The van der Waals surface area contributed by atoms with E-state index in [-0.39, 0.29) is 12.1 Å². The first-order chi connectivity index (χ1) is 15.7. The van der Waals surface area contributed by atoms with Gasteiger partial charge >= 0.3 is 6.03 Å². The summed E-state index contributed by atoms with van der Waals surface area (Å²) in [6, 6.07) is 19.1. The van der Waals surface area contributed by atoms with Crippen molar-refractivity contribution >= 4 is 11.7 Å².